The number of nitro groups is 1. The number of anilines is 1. The average Bonchev–Trinajstić information content (AvgIpc) is 2.95. The third-order valence-electron chi connectivity index (χ3n) is 5.11. The van der Waals surface area contributed by atoms with Gasteiger partial charge in [0.25, 0.3) is 5.69 Å². The summed E-state index contributed by atoms with van der Waals surface area (Å²) in [7, 11) is 0. The molecule has 0 bridgehead atoms. The molecule has 2 aromatic rings. The number of hydrogen-bond donors (Lipinski definition) is 2. The van der Waals surface area contributed by atoms with E-state index in [4.69, 9.17) is 0 Å². The predicted molar refractivity (Wildman–Crippen MR) is 125 cm³/mol. The molecular weight excluding hydrogens is 414 g/mol. The quantitative estimate of drug-likeness (QED) is 0.324. The SMILES string of the molecule is CC(=O)Nc1nc(CCCCCNC2=NCCCCC2)c(-c2ccc([N+](=O)[O-])cc2)s1. The van der Waals surface area contributed by atoms with Gasteiger partial charge in [-0.05, 0) is 49.8 Å². The zero-order valence-corrected chi connectivity index (χ0v) is 18.7. The number of amides is 1. The number of aryl methyl sites for hydroxylation is 1. The number of carbonyl (C=O) groups is 1. The third kappa shape index (κ3) is 7.13. The molecule has 0 atom stereocenters. The van der Waals surface area contributed by atoms with Crippen molar-refractivity contribution in [1.29, 1.82) is 0 Å². The molecule has 0 fully saturated rings. The molecule has 0 spiro atoms. The van der Waals surface area contributed by atoms with Gasteiger partial charge in [0.1, 0.15) is 0 Å². The van der Waals surface area contributed by atoms with Crippen molar-refractivity contribution in [3.63, 3.8) is 0 Å². The molecule has 1 aromatic heterocycles. The Morgan fingerprint density at radius 1 is 1.16 bits per heavy atom. The van der Waals surface area contributed by atoms with Crippen molar-refractivity contribution in [1.82, 2.24) is 10.3 Å². The number of benzene rings is 1. The van der Waals surface area contributed by atoms with Crippen LogP contribution in [0.2, 0.25) is 0 Å². The van der Waals surface area contributed by atoms with E-state index in [-0.39, 0.29) is 11.6 Å². The van der Waals surface area contributed by atoms with E-state index in [0.717, 1.165) is 67.2 Å². The topological polar surface area (TPSA) is 110 Å². The number of amidine groups is 1. The Morgan fingerprint density at radius 2 is 1.97 bits per heavy atom. The second kappa shape index (κ2) is 11.5. The van der Waals surface area contributed by atoms with E-state index in [9.17, 15) is 14.9 Å². The zero-order chi connectivity index (χ0) is 22.1. The lowest BCUT2D eigenvalue weighted by Gasteiger charge is -2.08. The molecule has 2 heterocycles. The largest absolute Gasteiger partial charge is 0.374 e. The number of unbranched alkanes of at least 4 members (excludes halogenated alkanes) is 2. The van der Waals surface area contributed by atoms with Gasteiger partial charge >= 0.3 is 0 Å². The molecule has 166 valence electrons. The molecule has 8 nitrogen and oxygen atoms in total. The number of carbonyl (C=O) groups excluding carboxylic acids is 1. The minimum absolute atomic E-state index is 0.0580. The molecule has 0 aliphatic carbocycles. The number of thiazole rings is 1. The molecule has 1 aliphatic heterocycles. The van der Waals surface area contributed by atoms with Crippen LogP contribution in [0.5, 0.6) is 0 Å². The third-order valence-corrected chi connectivity index (χ3v) is 6.18. The number of nitro benzene ring substituents is 1. The van der Waals surface area contributed by atoms with Crippen LogP contribution in [0, 0.1) is 10.1 Å². The Labute approximate surface area is 186 Å². The Balaban J connectivity index is 1.56. The van der Waals surface area contributed by atoms with E-state index in [0.29, 0.717) is 5.13 Å². The Morgan fingerprint density at radius 3 is 2.71 bits per heavy atom. The smallest absolute Gasteiger partial charge is 0.269 e. The summed E-state index contributed by atoms with van der Waals surface area (Å²) in [5.41, 5.74) is 1.86. The molecule has 31 heavy (non-hydrogen) atoms. The molecular formula is C22H29N5O3S. The summed E-state index contributed by atoms with van der Waals surface area (Å²) in [6, 6.07) is 6.48. The van der Waals surface area contributed by atoms with Gasteiger partial charge in [-0.1, -0.05) is 24.2 Å². The van der Waals surface area contributed by atoms with Gasteiger partial charge in [-0.2, -0.15) is 0 Å². The van der Waals surface area contributed by atoms with Gasteiger partial charge in [-0.25, -0.2) is 4.98 Å². The Bertz CT molecular complexity index is 924. The molecule has 1 amide bonds. The van der Waals surface area contributed by atoms with Crippen LogP contribution in [-0.4, -0.2) is 34.7 Å². The molecule has 1 aliphatic rings. The summed E-state index contributed by atoms with van der Waals surface area (Å²) in [6.07, 6.45) is 8.64. The number of hydrogen-bond acceptors (Lipinski definition) is 7. The summed E-state index contributed by atoms with van der Waals surface area (Å²) < 4.78 is 0. The van der Waals surface area contributed by atoms with Gasteiger partial charge in [-0.15, -0.1) is 0 Å². The van der Waals surface area contributed by atoms with Crippen molar-refractivity contribution in [3.8, 4) is 10.4 Å². The standard InChI is InChI=1S/C22H29N5O3S/c1-16(28)25-22-26-19(21(31-22)17-10-12-18(13-11-17)27(29)30)8-4-2-6-14-23-20-9-5-3-7-15-24-20/h10-13H,2-9,14-15H2,1H3,(H,23,24)(H,25,26,28). The number of aromatic nitrogens is 1. The van der Waals surface area contributed by atoms with Crippen LogP contribution >= 0.6 is 11.3 Å². The van der Waals surface area contributed by atoms with Crippen LogP contribution < -0.4 is 10.6 Å². The summed E-state index contributed by atoms with van der Waals surface area (Å²) in [5.74, 6) is 0.987. The Hall–Kier alpha value is -2.81. The first-order chi connectivity index (χ1) is 15.0. The fourth-order valence-corrected chi connectivity index (χ4v) is 4.59. The van der Waals surface area contributed by atoms with Gasteiger partial charge in [0.2, 0.25) is 5.91 Å². The summed E-state index contributed by atoms with van der Waals surface area (Å²) >= 11 is 1.40. The first-order valence-electron chi connectivity index (χ1n) is 10.8. The highest BCUT2D eigenvalue weighted by Gasteiger charge is 2.15. The summed E-state index contributed by atoms with van der Waals surface area (Å²) in [5, 5.41) is 17.7. The molecule has 0 saturated heterocycles. The lowest BCUT2D eigenvalue weighted by atomic mass is 10.1. The van der Waals surface area contributed by atoms with Crippen LogP contribution in [-0.2, 0) is 11.2 Å². The molecule has 0 radical (unpaired) electrons. The van der Waals surface area contributed by atoms with E-state index in [2.05, 4.69) is 20.6 Å². The van der Waals surface area contributed by atoms with Gasteiger partial charge in [0.15, 0.2) is 5.13 Å². The monoisotopic (exact) mass is 443 g/mol. The first-order valence-corrected chi connectivity index (χ1v) is 11.6. The number of non-ortho nitro benzene ring substituents is 1. The highest BCUT2D eigenvalue weighted by molar-refractivity contribution is 7.19. The van der Waals surface area contributed by atoms with Gasteiger partial charge < -0.3 is 10.6 Å². The van der Waals surface area contributed by atoms with Crippen molar-refractivity contribution in [2.24, 2.45) is 4.99 Å². The minimum Gasteiger partial charge on any atom is -0.374 e. The number of rotatable bonds is 9. The number of nitrogens with zero attached hydrogens (tertiary/aromatic N) is 3. The lowest BCUT2D eigenvalue weighted by Crippen LogP contribution is -2.24. The van der Waals surface area contributed by atoms with E-state index < -0.39 is 4.92 Å². The van der Waals surface area contributed by atoms with Crippen molar-refractivity contribution in [3.05, 3.63) is 40.1 Å². The zero-order valence-electron chi connectivity index (χ0n) is 17.9. The molecule has 1 aromatic carbocycles. The van der Waals surface area contributed by atoms with Gasteiger partial charge in [-0.3, -0.25) is 19.9 Å². The van der Waals surface area contributed by atoms with Crippen molar-refractivity contribution < 1.29 is 9.72 Å². The van der Waals surface area contributed by atoms with E-state index in [1.165, 1.54) is 49.7 Å². The van der Waals surface area contributed by atoms with Gasteiger partial charge in [0, 0.05) is 38.6 Å². The maximum absolute atomic E-state index is 11.4. The van der Waals surface area contributed by atoms with Crippen LogP contribution in [0.1, 0.15) is 57.6 Å². The minimum atomic E-state index is -0.408. The highest BCUT2D eigenvalue weighted by atomic mass is 32.1. The fraction of sp³-hybridized carbons (Fsp3) is 0.500. The first kappa shape index (κ1) is 22.9. The molecule has 0 saturated carbocycles. The molecule has 9 heteroatoms. The number of nitrogens with one attached hydrogen (secondary N) is 2. The van der Waals surface area contributed by atoms with Crippen LogP contribution in [0.15, 0.2) is 29.3 Å². The van der Waals surface area contributed by atoms with Crippen molar-refractivity contribution in [2.45, 2.75) is 58.3 Å². The normalized spacial score (nSPS) is 13.9. The van der Waals surface area contributed by atoms with Gasteiger partial charge in [0.05, 0.1) is 21.3 Å². The lowest BCUT2D eigenvalue weighted by molar-refractivity contribution is -0.384. The van der Waals surface area contributed by atoms with E-state index in [1.807, 2.05) is 0 Å². The average molecular weight is 444 g/mol. The second-order valence-electron chi connectivity index (χ2n) is 7.66. The van der Waals surface area contributed by atoms with Crippen molar-refractivity contribution >= 4 is 33.9 Å². The molecule has 2 N–H and O–H groups in total. The van der Waals surface area contributed by atoms with E-state index in [1.54, 1.807) is 12.1 Å². The second-order valence-corrected chi connectivity index (χ2v) is 8.66. The van der Waals surface area contributed by atoms with Crippen LogP contribution in [0.25, 0.3) is 10.4 Å². The number of aliphatic imine (C=N–C) groups is 1. The van der Waals surface area contributed by atoms with Crippen molar-refractivity contribution in [2.75, 3.05) is 18.4 Å². The highest BCUT2D eigenvalue weighted by Crippen LogP contribution is 2.35. The van der Waals surface area contributed by atoms with E-state index >= 15 is 0 Å². The van der Waals surface area contributed by atoms with Crippen LogP contribution in [0.3, 0.4) is 0 Å². The Kier molecular flexibility index (Phi) is 8.52. The summed E-state index contributed by atoms with van der Waals surface area (Å²) in [6.45, 7) is 3.33. The maximum atomic E-state index is 11.4. The fourth-order valence-electron chi connectivity index (χ4n) is 3.53. The maximum Gasteiger partial charge on any atom is 0.269 e. The molecule has 0 unspecified atom stereocenters. The van der Waals surface area contributed by atoms with Crippen LogP contribution in [0.4, 0.5) is 10.8 Å². The molecule has 3 rings (SSSR count). The summed E-state index contributed by atoms with van der Waals surface area (Å²) in [4.78, 5) is 32.1. The predicted octanol–water partition coefficient (Wildman–Crippen LogP) is 4.95.